The van der Waals surface area contributed by atoms with Crippen LogP contribution in [0.25, 0.3) is 6.08 Å². The molecule has 0 amide bonds. The number of cyclic esters (lactones) is 1. The zero-order valence-electron chi connectivity index (χ0n) is 11.0. The average molecular weight is 274 g/mol. The maximum absolute atomic E-state index is 11.3. The molecule has 0 saturated heterocycles. The van der Waals surface area contributed by atoms with E-state index < -0.39 is 6.10 Å². The van der Waals surface area contributed by atoms with E-state index in [0.29, 0.717) is 5.76 Å². The van der Waals surface area contributed by atoms with Crippen molar-refractivity contribution in [1.29, 1.82) is 0 Å². The molecule has 104 valence electrons. The molecule has 1 aromatic rings. The topological polar surface area (TPSA) is 54.0 Å². The second-order valence-corrected chi connectivity index (χ2v) is 4.40. The average Bonchev–Trinajstić information content (AvgIpc) is 2.92. The van der Waals surface area contributed by atoms with Crippen molar-refractivity contribution in [3.63, 3.8) is 0 Å². The Morgan fingerprint density at radius 3 is 3.00 bits per heavy atom. The quantitative estimate of drug-likeness (QED) is 0.791. The maximum Gasteiger partial charge on any atom is 0.310 e. The Hall–Kier alpha value is -2.43. The van der Waals surface area contributed by atoms with E-state index in [-0.39, 0.29) is 19.2 Å². The van der Waals surface area contributed by atoms with Gasteiger partial charge in [0.25, 0.3) is 0 Å². The standard InChI is InChI=1S/C15H14O5/c1-17-11-6-7-15(16)20-13(11)5-3-10-2-4-12-14(8-10)19-9-18-12/h2-6,8,13H,7,9H2,1H3/b5-3+/t13-/m1/s1. The molecule has 0 aromatic heterocycles. The van der Waals surface area contributed by atoms with Crippen molar-refractivity contribution in [2.24, 2.45) is 0 Å². The lowest BCUT2D eigenvalue weighted by Crippen LogP contribution is -2.23. The predicted molar refractivity (Wildman–Crippen MR) is 71.2 cm³/mol. The van der Waals surface area contributed by atoms with Crippen LogP contribution in [0.1, 0.15) is 12.0 Å². The van der Waals surface area contributed by atoms with Gasteiger partial charge >= 0.3 is 5.97 Å². The minimum Gasteiger partial charge on any atom is -0.497 e. The highest BCUT2D eigenvalue weighted by Gasteiger charge is 2.22. The normalized spacial score (nSPS) is 20.8. The summed E-state index contributed by atoms with van der Waals surface area (Å²) in [6.45, 7) is 0.249. The van der Waals surface area contributed by atoms with E-state index in [1.807, 2.05) is 24.3 Å². The Balaban J connectivity index is 1.78. The Morgan fingerprint density at radius 1 is 1.30 bits per heavy atom. The first-order valence-corrected chi connectivity index (χ1v) is 6.27. The van der Waals surface area contributed by atoms with Crippen LogP contribution in [-0.2, 0) is 14.3 Å². The van der Waals surface area contributed by atoms with E-state index in [2.05, 4.69) is 0 Å². The summed E-state index contributed by atoms with van der Waals surface area (Å²) in [6, 6.07) is 5.63. The van der Waals surface area contributed by atoms with E-state index in [0.717, 1.165) is 17.1 Å². The highest BCUT2D eigenvalue weighted by Crippen LogP contribution is 2.33. The number of benzene rings is 1. The lowest BCUT2D eigenvalue weighted by Gasteiger charge is -2.20. The second-order valence-electron chi connectivity index (χ2n) is 4.40. The fraction of sp³-hybridized carbons (Fsp3) is 0.267. The van der Waals surface area contributed by atoms with Gasteiger partial charge in [-0.3, -0.25) is 4.79 Å². The van der Waals surface area contributed by atoms with Gasteiger partial charge in [0.2, 0.25) is 6.79 Å². The molecule has 1 atom stereocenters. The van der Waals surface area contributed by atoms with Gasteiger partial charge < -0.3 is 18.9 Å². The maximum atomic E-state index is 11.3. The van der Waals surface area contributed by atoms with Crippen LogP contribution in [0.2, 0.25) is 0 Å². The summed E-state index contributed by atoms with van der Waals surface area (Å²) in [5.74, 6) is 1.84. The summed E-state index contributed by atoms with van der Waals surface area (Å²) in [5.41, 5.74) is 0.936. The largest absolute Gasteiger partial charge is 0.497 e. The van der Waals surface area contributed by atoms with Crippen molar-refractivity contribution in [1.82, 2.24) is 0 Å². The lowest BCUT2D eigenvalue weighted by molar-refractivity contribution is -0.147. The third-order valence-electron chi connectivity index (χ3n) is 3.10. The summed E-state index contributed by atoms with van der Waals surface area (Å²) in [6.07, 6.45) is 5.15. The molecule has 0 aliphatic carbocycles. The zero-order chi connectivity index (χ0) is 13.9. The van der Waals surface area contributed by atoms with Gasteiger partial charge in [-0.2, -0.15) is 0 Å². The Labute approximate surface area is 116 Å². The Bertz CT molecular complexity index is 588. The van der Waals surface area contributed by atoms with Crippen molar-refractivity contribution in [2.45, 2.75) is 12.5 Å². The van der Waals surface area contributed by atoms with Gasteiger partial charge in [-0.1, -0.05) is 12.1 Å². The fourth-order valence-corrected chi connectivity index (χ4v) is 2.10. The molecule has 3 rings (SSSR count). The van der Waals surface area contributed by atoms with Gasteiger partial charge in [-0.25, -0.2) is 0 Å². The van der Waals surface area contributed by atoms with Gasteiger partial charge in [0.05, 0.1) is 13.5 Å². The van der Waals surface area contributed by atoms with Crippen LogP contribution < -0.4 is 9.47 Å². The summed E-state index contributed by atoms with van der Waals surface area (Å²) >= 11 is 0. The first kappa shape index (κ1) is 12.6. The van der Waals surface area contributed by atoms with Crippen LogP contribution in [0.3, 0.4) is 0 Å². The summed E-state index contributed by atoms with van der Waals surface area (Å²) in [7, 11) is 1.56. The molecule has 0 bridgehead atoms. The fourth-order valence-electron chi connectivity index (χ4n) is 2.10. The summed E-state index contributed by atoms with van der Waals surface area (Å²) < 4.78 is 21.0. The molecule has 0 N–H and O–H groups in total. The number of ether oxygens (including phenoxy) is 4. The molecule has 0 spiro atoms. The minimum absolute atomic E-state index is 0.248. The first-order valence-electron chi connectivity index (χ1n) is 6.27. The molecule has 0 radical (unpaired) electrons. The van der Waals surface area contributed by atoms with Crippen LogP contribution in [-0.4, -0.2) is 26.0 Å². The molecule has 2 aliphatic heterocycles. The van der Waals surface area contributed by atoms with Crippen molar-refractivity contribution in [3.8, 4) is 11.5 Å². The highest BCUT2D eigenvalue weighted by atomic mass is 16.7. The van der Waals surface area contributed by atoms with Gasteiger partial charge in [0, 0.05) is 0 Å². The van der Waals surface area contributed by atoms with E-state index in [1.54, 1.807) is 19.3 Å². The third-order valence-corrected chi connectivity index (χ3v) is 3.10. The van der Waals surface area contributed by atoms with E-state index in [4.69, 9.17) is 18.9 Å². The van der Waals surface area contributed by atoms with Crippen LogP contribution in [0.4, 0.5) is 0 Å². The molecule has 2 heterocycles. The van der Waals surface area contributed by atoms with Crippen LogP contribution in [0.5, 0.6) is 11.5 Å². The molecular weight excluding hydrogens is 260 g/mol. The van der Waals surface area contributed by atoms with Crippen LogP contribution >= 0.6 is 0 Å². The highest BCUT2D eigenvalue weighted by molar-refractivity contribution is 5.73. The Kier molecular flexibility index (Phi) is 3.33. The Morgan fingerprint density at radius 2 is 2.15 bits per heavy atom. The molecule has 5 nitrogen and oxygen atoms in total. The number of rotatable bonds is 3. The molecule has 0 saturated carbocycles. The SMILES string of the molecule is COC1=CCC(=O)O[C@@H]1/C=C/c1ccc2c(c1)OCO2. The minimum atomic E-state index is -0.480. The number of methoxy groups -OCH3 is 1. The van der Waals surface area contributed by atoms with Gasteiger partial charge in [-0.15, -0.1) is 0 Å². The van der Waals surface area contributed by atoms with Crippen molar-refractivity contribution in [3.05, 3.63) is 41.7 Å². The van der Waals surface area contributed by atoms with Crippen LogP contribution in [0.15, 0.2) is 36.1 Å². The number of carbonyl (C=O) groups excluding carboxylic acids is 1. The zero-order valence-corrected chi connectivity index (χ0v) is 11.0. The predicted octanol–water partition coefficient (Wildman–Crippen LogP) is 2.27. The monoisotopic (exact) mass is 274 g/mol. The number of hydrogen-bond donors (Lipinski definition) is 0. The number of hydrogen-bond acceptors (Lipinski definition) is 5. The van der Waals surface area contributed by atoms with Gasteiger partial charge in [0.15, 0.2) is 17.6 Å². The molecule has 0 fully saturated rings. The molecule has 1 aromatic carbocycles. The third kappa shape index (κ3) is 2.47. The van der Waals surface area contributed by atoms with E-state index in [1.165, 1.54) is 0 Å². The lowest BCUT2D eigenvalue weighted by atomic mass is 10.1. The van der Waals surface area contributed by atoms with Crippen LogP contribution in [0, 0.1) is 0 Å². The van der Waals surface area contributed by atoms with E-state index in [9.17, 15) is 4.79 Å². The van der Waals surface area contributed by atoms with E-state index >= 15 is 0 Å². The molecular formula is C15H14O5. The first-order chi connectivity index (χ1) is 9.76. The number of fused-ring (bicyclic) bond motifs is 1. The van der Waals surface area contributed by atoms with Gasteiger partial charge in [-0.05, 0) is 29.8 Å². The van der Waals surface area contributed by atoms with Crippen molar-refractivity contribution in [2.75, 3.05) is 13.9 Å². The number of carbonyl (C=O) groups is 1. The smallest absolute Gasteiger partial charge is 0.310 e. The molecule has 5 heteroatoms. The van der Waals surface area contributed by atoms with Crippen molar-refractivity contribution >= 4 is 12.0 Å². The summed E-state index contributed by atoms with van der Waals surface area (Å²) in [5, 5.41) is 0. The molecule has 2 aliphatic rings. The van der Waals surface area contributed by atoms with Gasteiger partial charge in [0.1, 0.15) is 5.76 Å². The number of esters is 1. The summed E-state index contributed by atoms with van der Waals surface area (Å²) in [4.78, 5) is 11.3. The molecule has 20 heavy (non-hydrogen) atoms. The van der Waals surface area contributed by atoms with Crippen molar-refractivity contribution < 1.29 is 23.7 Å². The second kappa shape index (κ2) is 5.28. The molecule has 0 unspecified atom stereocenters.